The lowest BCUT2D eigenvalue weighted by Gasteiger charge is -2.45. The van der Waals surface area contributed by atoms with Crippen molar-refractivity contribution in [1.82, 2.24) is 14.7 Å². The molecule has 2 atom stereocenters. The van der Waals surface area contributed by atoms with Crippen LogP contribution in [0.1, 0.15) is 35.9 Å². The van der Waals surface area contributed by atoms with E-state index in [1.54, 1.807) is 21.7 Å². The monoisotopic (exact) mass is 403 g/mol. The molecule has 2 N–H and O–H groups in total. The number of rotatable bonds is 6. The maximum atomic E-state index is 13.2. The Bertz CT molecular complexity index is 865. The fourth-order valence-electron chi connectivity index (χ4n) is 4.38. The number of aliphatic hydroxyl groups is 2. The van der Waals surface area contributed by atoms with Crippen LogP contribution in [0.4, 0.5) is 4.39 Å². The Labute approximate surface area is 171 Å². The van der Waals surface area contributed by atoms with Crippen molar-refractivity contribution in [2.24, 2.45) is 5.41 Å². The molecule has 1 amide bonds. The van der Waals surface area contributed by atoms with Gasteiger partial charge in [0.2, 0.25) is 5.91 Å². The van der Waals surface area contributed by atoms with E-state index in [-0.39, 0.29) is 31.4 Å². The Morgan fingerprint density at radius 1 is 1.31 bits per heavy atom. The highest BCUT2D eigenvalue weighted by atomic mass is 19.1. The molecule has 7 heteroatoms. The van der Waals surface area contributed by atoms with Crippen LogP contribution in [0, 0.1) is 25.1 Å². The van der Waals surface area contributed by atoms with Crippen LogP contribution in [0.15, 0.2) is 24.3 Å². The molecule has 0 unspecified atom stereocenters. The van der Waals surface area contributed by atoms with E-state index >= 15 is 0 Å². The van der Waals surface area contributed by atoms with Gasteiger partial charge >= 0.3 is 0 Å². The molecule has 158 valence electrons. The Morgan fingerprint density at radius 3 is 2.59 bits per heavy atom. The first-order valence-corrected chi connectivity index (χ1v) is 10.1. The summed E-state index contributed by atoms with van der Waals surface area (Å²) in [6, 6.07) is 6.05. The summed E-state index contributed by atoms with van der Waals surface area (Å²) < 4.78 is 15.0. The van der Waals surface area contributed by atoms with Crippen molar-refractivity contribution in [2.45, 2.75) is 52.7 Å². The third-order valence-corrected chi connectivity index (χ3v) is 6.19. The van der Waals surface area contributed by atoms with Gasteiger partial charge in [-0.05, 0) is 56.4 Å². The van der Waals surface area contributed by atoms with E-state index in [0.29, 0.717) is 19.4 Å². The molecule has 0 spiro atoms. The van der Waals surface area contributed by atoms with E-state index in [9.17, 15) is 19.4 Å². The molecule has 0 saturated carbocycles. The van der Waals surface area contributed by atoms with Gasteiger partial charge < -0.3 is 15.1 Å². The van der Waals surface area contributed by atoms with Crippen molar-refractivity contribution in [3.8, 4) is 0 Å². The van der Waals surface area contributed by atoms with Crippen molar-refractivity contribution in [1.29, 1.82) is 0 Å². The van der Waals surface area contributed by atoms with Crippen LogP contribution in [0.25, 0.3) is 0 Å². The number of aliphatic hydroxyl groups excluding tert-OH is 2. The Balaban J connectivity index is 1.76. The molecule has 1 aromatic heterocycles. The molecule has 1 aliphatic rings. The van der Waals surface area contributed by atoms with Crippen LogP contribution >= 0.6 is 0 Å². The second-order valence-corrected chi connectivity index (χ2v) is 8.10. The summed E-state index contributed by atoms with van der Waals surface area (Å²) in [5, 5.41) is 25.3. The first-order chi connectivity index (χ1) is 13.8. The summed E-state index contributed by atoms with van der Waals surface area (Å²) >= 11 is 0. The van der Waals surface area contributed by atoms with E-state index in [2.05, 4.69) is 12.0 Å². The van der Waals surface area contributed by atoms with Gasteiger partial charge in [0.15, 0.2) is 0 Å². The summed E-state index contributed by atoms with van der Waals surface area (Å²) in [5.74, 6) is -0.411. The van der Waals surface area contributed by atoms with Crippen LogP contribution in [0.5, 0.6) is 0 Å². The van der Waals surface area contributed by atoms with Crippen molar-refractivity contribution >= 4 is 5.91 Å². The molecule has 6 nitrogen and oxygen atoms in total. The van der Waals surface area contributed by atoms with E-state index < -0.39 is 11.5 Å². The number of aromatic nitrogens is 2. The number of hydrogen-bond donors (Lipinski definition) is 2. The van der Waals surface area contributed by atoms with Crippen LogP contribution < -0.4 is 0 Å². The molecule has 29 heavy (non-hydrogen) atoms. The third-order valence-electron chi connectivity index (χ3n) is 6.19. The normalized spacial score (nSPS) is 22.1. The van der Waals surface area contributed by atoms with E-state index in [0.717, 1.165) is 28.9 Å². The fraction of sp³-hybridized carbons (Fsp3) is 0.545. The largest absolute Gasteiger partial charge is 0.396 e. The van der Waals surface area contributed by atoms with Crippen LogP contribution in [0.3, 0.4) is 0 Å². The molecule has 1 aliphatic heterocycles. The van der Waals surface area contributed by atoms with Gasteiger partial charge in [0.1, 0.15) is 12.4 Å². The lowest BCUT2D eigenvalue weighted by molar-refractivity contribution is -0.142. The number of aryl methyl sites for hydroxylation is 1. The first-order valence-electron chi connectivity index (χ1n) is 10.1. The van der Waals surface area contributed by atoms with Crippen molar-refractivity contribution < 1.29 is 19.4 Å². The van der Waals surface area contributed by atoms with Gasteiger partial charge in [-0.3, -0.25) is 9.48 Å². The average molecular weight is 403 g/mol. The van der Waals surface area contributed by atoms with Crippen LogP contribution in [-0.2, 0) is 24.2 Å². The number of halogens is 1. The topological polar surface area (TPSA) is 78.6 Å². The predicted molar refractivity (Wildman–Crippen MR) is 108 cm³/mol. The number of carbonyl (C=O) groups excluding carboxylic acids is 1. The predicted octanol–water partition coefficient (Wildman–Crippen LogP) is 2.02. The molecule has 0 aliphatic carbocycles. The first kappa shape index (κ1) is 21.5. The second kappa shape index (κ2) is 8.63. The highest BCUT2D eigenvalue weighted by molar-refractivity contribution is 5.76. The van der Waals surface area contributed by atoms with E-state index in [4.69, 9.17) is 0 Å². The lowest BCUT2D eigenvalue weighted by atomic mass is 9.73. The molecular weight excluding hydrogens is 373 g/mol. The van der Waals surface area contributed by atoms with Crippen molar-refractivity contribution in [2.75, 3.05) is 19.7 Å². The minimum absolute atomic E-state index is 0.0814. The zero-order valence-corrected chi connectivity index (χ0v) is 17.4. The number of carbonyl (C=O) groups is 1. The Morgan fingerprint density at radius 2 is 2.00 bits per heavy atom. The Hall–Kier alpha value is -2.25. The van der Waals surface area contributed by atoms with E-state index in [1.165, 1.54) is 12.1 Å². The standard InChI is InChI=1S/C22H30FN3O3/c1-4-19-15(2)24-26(16(19)3)12-21(29)25-10-9-20(28)22(13-25,14-27)11-17-5-7-18(23)8-6-17/h5-8,20,27-28H,4,9-14H2,1-3H3/t20-,22-/m0/s1. The zero-order chi connectivity index (χ0) is 21.2. The quantitative estimate of drug-likeness (QED) is 0.774. The molecule has 3 rings (SSSR count). The molecule has 1 aromatic carbocycles. The third kappa shape index (κ3) is 4.36. The van der Waals surface area contributed by atoms with Crippen molar-refractivity contribution in [3.05, 3.63) is 52.6 Å². The van der Waals surface area contributed by atoms with Gasteiger partial charge in [0.05, 0.1) is 18.4 Å². The van der Waals surface area contributed by atoms with Gasteiger partial charge in [-0.25, -0.2) is 4.39 Å². The van der Waals surface area contributed by atoms with Gasteiger partial charge in [-0.2, -0.15) is 5.10 Å². The van der Waals surface area contributed by atoms with Gasteiger partial charge in [0.25, 0.3) is 0 Å². The molecule has 2 heterocycles. The molecule has 1 saturated heterocycles. The van der Waals surface area contributed by atoms with Gasteiger partial charge in [0, 0.05) is 24.2 Å². The molecule has 0 radical (unpaired) electrons. The number of benzene rings is 1. The summed E-state index contributed by atoms with van der Waals surface area (Å²) in [5.41, 5.74) is 3.05. The van der Waals surface area contributed by atoms with Gasteiger partial charge in [-0.1, -0.05) is 19.1 Å². The van der Waals surface area contributed by atoms with Gasteiger partial charge in [-0.15, -0.1) is 0 Å². The number of piperidine rings is 1. The number of hydrogen-bond acceptors (Lipinski definition) is 4. The SMILES string of the molecule is CCc1c(C)nn(CC(=O)N2CC[C@H](O)[C@@](CO)(Cc3ccc(F)cc3)C2)c1C. The zero-order valence-electron chi connectivity index (χ0n) is 17.4. The molecule has 1 fully saturated rings. The van der Waals surface area contributed by atoms with Crippen molar-refractivity contribution in [3.63, 3.8) is 0 Å². The lowest BCUT2D eigenvalue weighted by Crippen LogP contribution is -2.56. The molecule has 2 aromatic rings. The maximum Gasteiger partial charge on any atom is 0.244 e. The number of nitrogens with zero attached hydrogens (tertiary/aromatic N) is 3. The minimum atomic E-state index is -0.866. The summed E-state index contributed by atoms with van der Waals surface area (Å²) in [6.45, 7) is 6.56. The van der Waals surface area contributed by atoms with Crippen LogP contribution in [-0.4, -0.2) is 56.6 Å². The summed E-state index contributed by atoms with van der Waals surface area (Å²) in [4.78, 5) is 14.7. The highest BCUT2D eigenvalue weighted by Crippen LogP contribution is 2.34. The fourth-order valence-corrected chi connectivity index (χ4v) is 4.38. The molecular formula is C22H30FN3O3. The average Bonchev–Trinajstić information content (AvgIpc) is 2.97. The molecule has 0 bridgehead atoms. The number of amides is 1. The summed E-state index contributed by atoms with van der Waals surface area (Å²) in [7, 11) is 0. The van der Waals surface area contributed by atoms with E-state index in [1.807, 2.05) is 13.8 Å². The number of likely N-dealkylation sites (tertiary alicyclic amines) is 1. The minimum Gasteiger partial charge on any atom is -0.396 e. The highest BCUT2D eigenvalue weighted by Gasteiger charge is 2.43. The smallest absolute Gasteiger partial charge is 0.244 e. The maximum absolute atomic E-state index is 13.2. The second-order valence-electron chi connectivity index (χ2n) is 8.10. The Kier molecular flexibility index (Phi) is 6.39. The summed E-state index contributed by atoms with van der Waals surface area (Å²) in [6.07, 6.45) is 0.897. The van der Waals surface area contributed by atoms with Crippen LogP contribution in [0.2, 0.25) is 0 Å².